The van der Waals surface area contributed by atoms with Gasteiger partial charge in [-0.05, 0) is 69.7 Å². The average Bonchev–Trinajstić information content (AvgIpc) is 4.00. The van der Waals surface area contributed by atoms with Gasteiger partial charge in [0.2, 0.25) is 5.69 Å². The summed E-state index contributed by atoms with van der Waals surface area (Å²) in [6, 6.07) is 14.6. The molecule has 4 aromatic rings. The Morgan fingerprint density at radius 3 is 1.73 bits per heavy atom. The largest absolute Gasteiger partial charge is 0.507 e. The molecule has 1 atom stereocenters. The van der Waals surface area contributed by atoms with Crippen LogP contribution in [0.4, 0.5) is 21.4 Å². The number of hydrogen-bond acceptors (Lipinski definition) is 16. The summed E-state index contributed by atoms with van der Waals surface area (Å²) in [5, 5.41) is 64.4. The van der Waals surface area contributed by atoms with E-state index in [1.807, 2.05) is 18.2 Å². The molecule has 3 heterocycles. The minimum absolute atomic E-state index is 0. The number of fused-ring (bicyclic) bond motifs is 1. The van der Waals surface area contributed by atoms with E-state index in [9.17, 15) is 45.1 Å². The quantitative estimate of drug-likeness (QED) is 0.0690. The number of nitro groups is 2. The predicted octanol–water partition coefficient (Wildman–Crippen LogP) is 6.25. The van der Waals surface area contributed by atoms with Gasteiger partial charge >= 0.3 is 10.0 Å². The first-order valence-corrected chi connectivity index (χ1v) is 20.7. The Labute approximate surface area is 383 Å². The van der Waals surface area contributed by atoms with Gasteiger partial charge in [0.05, 0.1) is 15.3 Å². The van der Waals surface area contributed by atoms with E-state index in [-0.39, 0.29) is 76.3 Å². The fourth-order valence-electron chi connectivity index (χ4n) is 6.31. The molecule has 1 unspecified atom stereocenters. The van der Waals surface area contributed by atoms with Gasteiger partial charge in [0, 0.05) is 99.0 Å². The second-order valence-electron chi connectivity index (χ2n) is 13.6. The average molecular weight is 953 g/mol. The van der Waals surface area contributed by atoms with Crippen LogP contribution in [0.3, 0.4) is 0 Å². The molecule has 19 nitrogen and oxygen atoms in total. The molecule has 3 aliphatic rings. The van der Waals surface area contributed by atoms with Crippen molar-refractivity contribution in [3.63, 3.8) is 0 Å². The van der Waals surface area contributed by atoms with Crippen molar-refractivity contribution in [2.45, 2.75) is 39.5 Å². The predicted molar refractivity (Wildman–Crippen MR) is 240 cm³/mol. The third-order valence-corrected chi connectivity index (χ3v) is 11.4. The fraction of sp³-hybridized carbons (Fsp3) is 0.214. The molecule has 1 radical (unpaired) electrons. The summed E-state index contributed by atoms with van der Waals surface area (Å²) >= 11 is 1.51. The number of benzene rings is 2. The molecule has 0 saturated heterocycles. The van der Waals surface area contributed by atoms with E-state index in [1.54, 1.807) is 0 Å². The van der Waals surface area contributed by atoms with Crippen LogP contribution in [0.25, 0.3) is 6.08 Å². The molecule has 2 aromatic carbocycles. The van der Waals surface area contributed by atoms with Crippen molar-refractivity contribution in [2.24, 2.45) is 20.4 Å². The zero-order valence-corrected chi connectivity index (χ0v) is 37.5. The minimum atomic E-state index is -0.583. The Kier molecular flexibility index (Phi) is 17.2. The Morgan fingerprint density at radius 1 is 0.781 bits per heavy atom. The summed E-state index contributed by atoms with van der Waals surface area (Å²) in [4.78, 5) is 51.2. The molecule has 0 spiro atoms. The summed E-state index contributed by atoms with van der Waals surface area (Å²) in [5.74, 6) is -0.991. The van der Waals surface area contributed by atoms with Crippen molar-refractivity contribution < 1.29 is 56.1 Å². The number of phenolic OH excluding ortho intramolecular Hbond substituents is 1. The van der Waals surface area contributed by atoms with Crippen molar-refractivity contribution >= 4 is 78.8 Å². The number of thiazole rings is 2. The zero-order chi connectivity index (χ0) is 45.8. The van der Waals surface area contributed by atoms with Crippen LogP contribution < -0.4 is 24.5 Å². The van der Waals surface area contributed by atoms with Gasteiger partial charge in [-0.2, -0.15) is 4.58 Å². The van der Waals surface area contributed by atoms with Gasteiger partial charge in [-0.3, -0.25) is 40.0 Å². The maximum Gasteiger partial charge on any atom is 0.319 e. The van der Waals surface area contributed by atoms with Gasteiger partial charge in [-0.25, -0.2) is 0 Å². The number of anilines is 1. The second-order valence-corrected chi connectivity index (χ2v) is 15.5. The molecule has 0 amide bonds. The molecular formula is C42H41CoN10O9S2-. The first kappa shape index (κ1) is 49.5. The Bertz CT molecular complexity index is 2720. The van der Waals surface area contributed by atoms with Crippen molar-refractivity contribution in [3.8, 4) is 5.75 Å². The summed E-state index contributed by atoms with van der Waals surface area (Å²) < 4.78 is 2.27. The van der Waals surface area contributed by atoms with Gasteiger partial charge in [-0.1, -0.05) is 47.8 Å². The molecule has 1 aliphatic heterocycles. The van der Waals surface area contributed by atoms with Gasteiger partial charge in [0.1, 0.15) is 35.7 Å². The molecule has 335 valence electrons. The van der Waals surface area contributed by atoms with Crippen LogP contribution in [0.2, 0.25) is 0 Å². The Morgan fingerprint density at radius 2 is 1.30 bits per heavy atom. The molecule has 0 saturated carbocycles. The molecule has 2 aliphatic carbocycles. The van der Waals surface area contributed by atoms with Crippen LogP contribution in [0.15, 0.2) is 129 Å². The summed E-state index contributed by atoms with van der Waals surface area (Å²) in [5.41, 5.74) is 5.97. The maximum absolute atomic E-state index is 10.9. The number of hydrogen-bond donors (Lipinski definition) is 3. The molecule has 22 heteroatoms. The summed E-state index contributed by atoms with van der Waals surface area (Å²) in [6.07, 6.45) is 14.4. The molecule has 64 heavy (non-hydrogen) atoms. The van der Waals surface area contributed by atoms with E-state index < -0.39 is 9.85 Å². The standard InChI is InChI=1S/C24H30N2O.2C9H6N4O4S.Co/c1-6-24(4)20-11-9-10-12-21(20)25(5)23(24)16-14-18-13-15-19(17-22(18)27)26(7-2)8-3;2*14-5-1-2-6(7(15)3-5)11-12-9-10-4-8(18-9)13(16)17;/h9-17H,6-8H2,1-5H3;2*1-4H,(H2,10,12,14,15);/p-1. The third kappa shape index (κ3) is 12.1. The molecule has 2 aromatic heterocycles. The van der Waals surface area contributed by atoms with E-state index in [2.05, 4.69) is 111 Å². The van der Waals surface area contributed by atoms with Gasteiger partial charge in [-0.15, -0.1) is 0 Å². The van der Waals surface area contributed by atoms with Crippen LogP contribution in [-0.2, 0) is 31.8 Å². The first-order chi connectivity index (χ1) is 30.1. The van der Waals surface area contributed by atoms with E-state index in [0.717, 1.165) is 78.0 Å². The molecule has 0 bridgehead atoms. The number of aromatic nitrogens is 2. The molecule has 0 fully saturated rings. The smallest absolute Gasteiger partial charge is 0.319 e. The third-order valence-electron chi connectivity index (χ3n) is 9.76. The van der Waals surface area contributed by atoms with Crippen molar-refractivity contribution in [2.75, 3.05) is 25.0 Å². The number of rotatable bonds is 10. The molecular weight excluding hydrogens is 912 g/mol. The maximum atomic E-state index is 10.9. The van der Waals surface area contributed by atoms with Crippen molar-refractivity contribution in [1.29, 1.82) is 0 Å². The SMILES string of the molecule is CCN(CC)c1ccc(/C=C/C2=[N+](C)c3ccccc3C2(C)CC)c(O)c1.O=C1C=CC(=NN=c2[n-]cc([N+](=O)[O-])s2)C(O)=C1.O=C1C=CC(=NN=c2[n-]cc([N+](=O)[O-])s2)C(O)=C1.[Co]. The number of allylic oxidation sites excluding steroid dienone is 7. The van der Waals surface area contributed by atoms with E-state index >= 15 is 0 Å². The number of phenols is 1. The number of nitrogens with zero attached hydrogens (tertiary/aromatic N) is 10. The van der Waals surface area contributed by atoms with Gasteiger partial charge < -0.3 is 40.4 Å². The van der Waals surface area contributed by atoms with E-state index in [1.165, 1.54) is 41.3 Å². The second kappa shape index (κ2) is 22.3. The summed E-state index contributed by atoms with van der Waals surface area (Å²) in [7, 11) is 2.13. The van der Waals surface area contributed by atoms with Crippen LogP contribution in [0, 0.1) is 20.2 Å². The summed E-state index contributed by atoms with van der Waals surface area (Å²) in [6.45, 7) is 10.7. The number of aromatic hydroxyl groups is 1. The van der Waals surface area contributed by atoms with Gasteiger partial charge in [0.25, 0.3) is 0 Å². The Balaban J connectivity index is 0.000000216. The van der Waals surface area contributed by atoms with E-state index in [0.29, 0.717) is 5.75 Å². The fourth-order valence-corrected chi connectivity index (χ4v) is 7.42. The van der Waals surface area contributed by atoms with Crippen LogP contribution in [0.5, 0.6) is 5.75 Å². The van der Waals surface area contributed by atoms with Crippen LogP contribution in [-0.4, -0.2) is 78.6 Å². The molecule has 3 N–H and O–H groups in total. The number of carbonyl (C=O) groups excluding carboxylic acids is 2. The normalized spacial score (nSPS) is 18.3. The van der Waals surface area contributed by atoms with Crippen LogP contribution >= 0.6 is 22.7 Å². The van der Waals surface area contributed by atoms with Gasteiger partial charge in [0.15, 0.2) is 17.3 Å². The number of ketones is 2. The number of aliphatic hydroxyl groups excluding tert-OH is 2. The first-order valence-electron chi connectivity index (χ1n) is 19.1. The van der Waals surface area contributed by atoms with Crippen LogP contribution in [0.1, 0.15) is 45.2 Å². The monoisotopic (exact) mass is 952 g/mol. The van der Waals surface area contributed by atoms with Crippen molar-refractivity contribution in [1.82, 2.24) is 9.97 Å². The van der Waals surface area contributed by atoms with Crippen molar-refractivity contribution in [3.05, 3.63) is 150 Å². The Hall–Kier alpha value is -7.14. The number of para-hydroxylation sites is 1. The minimum Gasteiger partial charge on any atom is -0.507 e. The zero-order valence-electron chi connectivity index (χ0n) is 34.8. The molecule has 7 rings (SSSR count). The number of aliphatic hydroxyl groups is 2. The van der Waals surface area contributed by atoms with E-state index in [4.69, 9.17) is 0 Å². The topological polar surface area (TPSA) is 265 Å². The number of carbonyl (C=O) groups is 2.